The maximum Gasteiger partial charge on any atom is 0.335 e. The summed E-state index contributed by atoms with van der Waals surface area (Å²) in [5.41, 5.74) is 3.42. The van der Waals surface area contributed by atoms with Crippen molar-refractivity contribution in [3.05, 3.63) is 95.3 Å². The van der Waals surface area contributed by atoms with Crippen molar-refractivity contribution < 1.29 is 14.6 Å². The van der Waals surface area contributed by atoms with Gasteiger partial charge in [-0.15, -0.1) is 0 Å². The Kier molecular flexibility index (Phi) is 5.78. The molecule has 1 atom stereocenters. The molecule has 144 valence electrons. The summed E-state index contributed by atoms with van der Waals surface area (Å²) in [4.78, 5) is 15.4. The Morgan fingerprint density at radius 3 is 2.07 bits per heavy atom. The average molecular weight is 375 g/mol. The number of carboxylic acid groups (broad SMARTS) is 1. The van der Waals surface area contributed by atoms with Crippen LogP contribution in [0.4, 0.5) is 0 Å². The Morgan fingerprint density at radius 2 is 1.57 bits per heavy atom. The van der Waals surface area contributed by atoms with Crippen molar-refractivity contribution in [3.8, 4) is 5.75 Å². The molecule has 0 aliphatic rings. The van der Waals surface area contributed by atoms with Gasteiger partial charge in [-0.1, -0.05) is 51.1 Å². The maximum atomic E-state index is 11.1. The van der Waals surface area contributed by atoms with Gasteiger partial charge in [-0.05, 0) is 52.9 Å². The van der Waals surface area contributed by atoms with E-state index in [1.54, 1.807) is 18.3 Å². The third kappa shape index (κ3) is 4.77. The van der Waals surface area contributed by atoms with Gasteiger partial charge in [0.15, 0.2) is 0 Å². The number of hydrogen-bond donors (Lipinski definition) is 1. The number of aromatic nitrogens is 1. The fraction of sp³-hybridized carbons (Fsp3) is 0.250. The molecule has 1 unspecified atom stereocenters. The van der Waals surface area contributed by atoms with Crippen LogP contribution in [0.5, 0.6) is 5.75 Å². The lowest BCUT2D eigenvalue weighted by Crippen LogP contribution is -2.19. The van der Waals surface area contributed by atoms with Gasteiger partial charge in [0.05, 0.1) is 11.3 Å². The standard InChI is InChI=1S/C24H25NO3/c1-24(2,3)22(17-7-9-19(10-8-17)23(26)27)18-11-13-21(14-12-18)28-16-20-6-4-5-15-25-20/h4-15,22H,16H2,1-3H3,(H,26,27). The number of aromatic carboxylic acids is 1. The van der Waals surface area contributed by atoms with Gasteiger partial charge in [0.2, 0.25) is 0 Å². The smallest absolute Gasteiger partial charge is 0.335 e. The Bertz CT molecular complexity index is 911. The van der Waals surface area contributed by atoms with E-state index in [0.29, 0.717) is 12.2 Å². The van der Waals surface area contributed by atoms with Gasteiger partial charge in [-0.25, -0.2) is 4.79 Å². The summed E-state index contributed by atoms with van der Waals surface area (Å²) in [6.07, 6.45) is 1.76. The number of hydrogen-bond acceptors (Lipinski definition) is 3. The molecule has 0 amide bonds. The van der Waals surface area contributed by atoms with Crippen LogP contribution >= 0.6 is 0 Å². The lowest BCUT2D eigenvalue weighted by molar-refractivity contribution is 0.0697. The fourth-order valence-electron chi connectivity index (χ4n) is 3.41. The Labute approximate surface area is 165 Å². The third-order valence-electron chi connectivity index (χ3n) is 4.68. The molecule has 0 spiro atoms. The SMILES string of the molecule is CC(C)(C)C(c1ccc(OCc2ccccn2)cc1)c1ccc(C(=O)O)cc1. The number of pyridine rings is 1. The minimum atomic E-state index is -0.909. The van der Waals surface area contributed by atoms with Crippen LogP contribution in [0.25, 0.3) is 0 Å². The van der Waals surface area contributed by atoms with Gasteiger partial charge >= 0.3 is 5.97 Å². The second-order valence-corrected chi connectivity index (χ2v) is 7.90. The molecule has 1 aromatic heterocycles. The van der Waals surface area contributed by atoms with Crippen LogP contribution in [0, 0.1) is 5.41 Å². The summed E-state index contributed by atoms with van der Waals surface area (Å²) in [7, 11) is 0. The van der Waals surface area contributed by atoms with E-state index in [1.165, 1.54) is 5.56 Å². The Morgan fingerprint density at radius 1 is 0.964 bits per heavy atom. The van der Waals surface area contributed by atoms with Crippen LogP contribution in [0.1, 0.15) is 53.9 Å². The van der Waals surface area contributed by atoms with Crippen LogP contribution in [-0.4, -0.2) is 16.1 Å². The van der Waals surface area contributed by atoms with E-state index in [1.807, 2.05) is 42.5 Å². The van der Waals surface area contributed by atoms with Crippen molar-refractivity contribution in [2.24, 2.45) is 5.41 Å². The van der Waals surface area contributed by atoms with Crippen LogP contribution in [0.3, 0.4) is 0 Å². The molecule has 4 heteroatoms. The molecule has 0 bridgehead atoms. The minimum Gasteiger partial charge on any atom is -0.487 e. The number of rotatable bonds is 6. The summed E-state index contributed by atoms with van der Waals surface area (Å²) < 4.78 is 5.83. The van der Waals surface area contributed by atoms with Crippen LogP contribution in [0.2, 0.25) is 0 Å². The fourth-order valence-corrected chi connectivity index (χ4v) is 3.41. The lowest BCUT2D eigenvalue weighted by Gasteiger charge is -2.32. The highest BCUT2D eigenvalue weighted by Gasteiger charge is 2.28. The first-order valence-electron chi connectivity index (χ1n) is 9.30. The van der Waals surface area contributed by atoms with E-state index in [-0.39, 0.29) is 11.3 Å². The van der Waals surface area contributed by atoms with E-state index in [2.05, 4.69) is 37.9 Å². The summed E-state index contributed by atoms with van der Waals surface area (Å²) in [5, 5.41) is 9.14. The first-order valence-corrected chi connectivity index (χ1v) is 9.30. The van der Waals surface area contributed by atoms with E-state index in [0.717, 1.165) is 17.0 Å². The van der Waals surface area contributed by atoms with Crippen molar-refractivity contribution in [2.75, 3.05) is 0 Å². The summed E-state index contributed by atoms with van der Waals surface area (Å²) >= 11 is 0. The van der Waals surface area contributed by atoms with Crippen molar-refractivity contribution in [1.82, 2.24) is 4.98 Å². The molecular weight excluding hydrogens is 350 g/mol. The molecule has 0 saturated heterocycles. The molecule has 0 aliphatic carbocycles. The van der Waals surface area contributed by atoms with Crippen LogP contribution in [0.15, 0.2) is 72.9 Å². The largest absolute Gasteiger partial charge is 0.487 e. The summed E-state index contributed by atoms with van der Waals surface area (Å²) in [5.74, 6) is 0.0248. The second-order valence-electron chi connectivity index (χ2n) is 7.90. The number of carboxylic acids is 1. The number of carbonyl (C=O) groups is 1. The number of benzene rings is 2. The summed E-state index contributed by atoms with van der Waals surface area (Å²) in [6, 6.07) is 21.0. The molecule has 0 saturated carbocycles. The number of nitrogens with zero attached hydrogens (tertiary/aromatic N) is 1. The van der Waals surface area contributed by atoms with E-state index < -0.39 is 5.97 Å². The number of ether oxygens (including phenoxy) is 1. The van der Waals surface area contributed by atoms with Gasteiger partial charge < -0.3 is 9.84 Å². The molecule has 3 rings (SSSR count). The lowest BCUT2D eigenvalue weighted by atomic mass is 9.72. The van der Waals surface area contributed by atoms with E-state index >= 15 is 0 Å². The van der Waals surface area contributed by atoms with Crippen molar-refractivity contribution in [2.45, 2.75) is 33.3 Å². The molecule has 2 aromatic carbocycles. The van der Waals surface area contributed by atoms with Crippen molar-refractivity contribution in [3.63, 3.8) is 0 Å². The van der Waals surface area contributed by atoms with Gasteiger partial charge in [0, 0.05) is 12.1 Å². The molecular formula is C24H25NO3. The normalized spacial score (nSPS) is 12.4. The van der Waals surface area contributed by atoms with Gasteiger partial charge in [0.25, 0.3) is 0 Å². The molecule has 4 nitrogen and oxygen atoms in total. The van der Waals surface area contributed by atoms with Crippen molar-refractivity contribution in [1.29, 1.82) is 0 Å². The molecule has 0 radical (unpaired) electrons. The molecule has 1 N–H and O–H groups in total. The Balaban J connectivity index is 1.80. The van der Waals surface area contributed by atoms with Crippen molar-refractivity contribution >= 4 is 5.97 Å². The molecule has 0 aliphatic heterocycles. The maximum absolute atomic E-state index is 11.1. The van der Waals surface area contributed by atoms with Crippen LogP contribution < -0.4 is 4.74 Å². The quantitative estimate of drug-likeness (QED) is 0.615. The zero-order chi connectivity index (χ0) is 20.1. The third-order valence-corrected chi connectivity index (χ3v) is 4.68. The average Bonchev–Trinajstić information content (AvgIpc) is 2.68. The molecule has 0 fully saturated rings. The monoisotopic (exact) mass is 375 g/mol. The van der Waals surface area contributed by atoms with Gasteiger partial charge in [-0.3, -0.25) is 4.98 Å². The second kappa shape index (κ2) is 8.26. The highest BCUT2D eigenvalue weighted by Crippen LogP contribution is 2.41. The topological polar surface area (TPSA) is 59.4 Å². The highest BCUT2D eigenvalue weighted by molar-refractivity contribution is 5.87. The first kappa shape index (κ1) is 19.6. The molecule has 3 aromatic rings. The zero-order valence-corrected chi connectivity index (χ0v) is 16.4. The van der Waals surface area contributed by atoms with Crippen LogP contribution in [-0.2, 0) is 6.61 Å². The summed E-state index contributed by atoms with van der Waals surface area (Å²) in [6.45, 7) is 7.00. The first-order chi connectivity index (χ1) is 13.3. The molecule has 1 heterocycles. The predicted octanol–water partition coefficient (Wildman–Crippen LogP) is 5.54. The minimum absolute atomic E-state index is 0.0267. The Hall–Kier alpha value is -3.14. The van der Waals surface area contributed by atoms with Gasteiger partial charge in [0.1, 0.15) is 12.4 Å². The zero-order valence-electron chi connectivity index (χ0n) is 16.4. The van der Waals surface area contributed by atoms with E-state index in [9.17, 15) is 4.79 Å². The van der Waals surface area contributed by atoms with Gasteiger partial charge in [-0.2, -0.15) is 0 Å². The van der Waals surface area contributed by atoms with E-state index in [4.69, 9.17) is 9.84 Å². The predicted molar refractivity (Wildman–Crippen MR) is 110 cm³/mol. The molecule has 28 heavy (non-hydrogen) atoms. The highest BCUT2D eigenvalue weighted by atomic mass is 16.5.